The van der Waals surface area contributed by atoms with Crippen molar-refractivity contribution < 1.29 is 23.4 Å². The average molecular weight is 242 g/mol. The Morgan fingerprint density at radius 2 is 2.00 bits per heavy atom. The van der Waals surface area contributed by atoms with Crippen LogP contribution in [0.5, 0.6) is 0 Å². The molecule has 14 heavy (non-hydrogen) atoms. The van der Waals surface area contributed by atoms with Crippen molar-refractivity contribution in [1.29, 1.82) is 0 Å². The van der Waals surface area contributed by atoms with Crippen LogP contribution in [0.1, 0.15) is 13.3 Å². The molecule has 0 aliphatic carbocycles. The van der Waals surface area contributed by atoms with Crippen LogP contribution < -0.4 is 0 Å². The molecular formula is C7H16O5P2. The van der Waals surface area contributed by atoms with Gasteiger partial charge in [-0.3, -0.25) is 9.13 Å². The van der Waals surface area contributed by atoms with Gasteiger partial charge in [-0.25, -0.2) is 0 Å². The summed E-state index contributed by atoms with van der Waals surface area (Å²) in [5.41, 5.74) is 0. The Morgan fingerprint density at radius 3 is 2.36 bits per heavy atom. The van der Waals surface area contributed by atoms with E-state index in [1.165, 1.54) is 0 Å². The van der Waals surface area contributed by atoms with Crippen molar-refractivity contribution in [2.45, 2.75) is 13.3 Å². The molecule has 0 rings (SSSR count). The SMILES string of the molecule is C=CCCP(=O)(CP(=O)(O)O)OCC. The summed E-state index contributed by atoms with van der Waals surface area (Å²) in [6, 6.07) is 0. The van der Waals surface area contributed by atoms with Gasteiger partial charge in [0.2, 0.25) is 7.37 Å². The quantitative estimate of drug-likeness (QED) is 0.527. The second kappa shape index (κ2) is 5.84. The van der Waals surface area contributed by atoms with Gasteiger partial charge in [0.25, 0.3) is 0 Å². The molecule has 7 heteroatoms. The Kier molecular flexibility index (Phi) is 5.87. The van der Waals surface area contributed by atoms with Crippen molar-refractivity contribution in [1.82, 2.24) is 0 Å². The summed E-state index contributed by atoms with van der Waals surface area (Å²) < 4.78 is 27.4. The molecule has 0 fully saturated rings. The largest absolute Gasteiger partial charge is 0.335 e. The highest BCUT2D eigenvalue weighted by molar-refractivity contribution is 7.73. The Labute approximate surface area is 83.8 Å². The first-order chi connectivity index (χ1) is 6.33. The van der Waals surface area contributed by atoms with Gasteiger partial charge in [-0.1, -0.05) is 6.08 Å². The monoisotopic (exact) mass is 242 g/mol. The molecule has 0 saturated heterocycles. The highest BCUT2D eigenvalue weighted by Gasteiger charge is 2.31. The van der Waals surface area contributed by atoms with Crippen molar-refractivity contribution in [2.75, 3.05) is 18.7 Å². The molecule has 0 aromatic heterocycles. The molecule has 1 unspecified atom stereocenters. The number of allylic oxidation sites excluding steroid dienone is 1. The molecule has 0 radical (unpaired) electrons. The van der Waals surface area contributed by atoms with E-state index in [4.69, 9.17) is 14.3 Å². The van der Waals surface area contributed by atoms with Crippen LogP contribution in [0.25, 0.3) is 0 Å². The fraction of sp³-hybridized carbons (Fsp3) is 0.714. The Balaban J connectivity index is 4.46. The second-order valence-electron chi connectivity index (χ2n) is 2.84. The fourth-order valence-corrected chi connectivity index (χ4v) is 5.29. The second-order valence-corrected chi connectivity index (χ2v) is 7.63. The third-order valence-corrected chi connectivity index (χ3v) is 6.30. The topological polar surface area (TPSA) is 83.8 Å². The molecule has 0 saturated carbocycles. The summed E-state index contributed by atoms with van der Waals surface area (Å²) in [4.78, 5) is 17.4. The first-order valence-electron chi connectivity index (χ1n) is 4.21. The summed E-state index contributed by atoms with van der Waals surface area (Å²) in [6.07, 6.45) is 2.11. The molecule has 84 valence electrons. The molecule has 1 atom stereocenters. The molecule has 2 N–H and O–H groups in total. The van der Waals surface area contributed by atoms with Gasteiger partial charge in [-0.05, 0) is 13.3 Å². The van der Waals surface area contributed by atoms with Crippen LogP contribution in [-0.4, -0.2) is 28.5 Å². The third-order valence-electron chi connectivity index (χ3n) is 1.44. The van der Waals surface area contributed by atoms with Crippen LogP contribution >= 0.6 is 15.0 Å². The van der Waals surface area contributed by atoms with Gasteiger partial charge in [0.05, 0.1) is 6.61 Å². The maximum absolute atomic E-state index is 11.8. The summed E-state index contributed by atoms with van der Waals surface area (Å²) >= 11 is 0. The zero-order chi connectivity index (χ0) is 11.2. The van der Waals surface area contributed by atoms with Crippen LogP contribution in [0.4, 0.5) is 0 Å². The number of hydrogen-bond donors (Lipinski definition) is 2. The lowest BCUT2D eigenvalue weighted by Gasteiger charge is -2.17. The summed E-state index contributed by atoms with van der Waals surface area (Å²) in [5, 5.41) is 0. The molecule has 0 aromatic carbocycles. The minimum Gasteiger partial charge on any atom is -0.328 e. The summed E-state index contributed by atoms with van der Waals surface area (Å²) in [5.74, 6) is -0.679. The Bertz CT molecular complexity index is 269. The third kappa shape index (κ3) is 6.52. The smallest absolute Gasteiger partial charge is 0.328 e. The van der Waals surface area contributed by atoms with Gasteiger partial charge in [0.1, 0.15) is 5.90 Å². The van der Waals surface area contributed by atoms with Crippen molar-refractivity contribution in [3.8, 4) is 0 Å². The van der Waals surface area contributed by atoms with Crippen LogP contribution in [0, 0.1) is 0 Å². The molecule has 0 spiro atoms. The molecule has 0 bridgehead atoms. The van der Waals surface area contributed by atoms with Crippen LogP contribution in [-0.2, 0) is 13.7 Å². The van der Waals surface area contributed by atoms with Gasteiger partial charge >= 0.3 is 7.60 Å². The first kappa shape index (κ1) is 14.1. The fourth-order valence-electron chi connectivity index (χ4n) is 0.980. The lowest BCUT2D eigenvalue weighted by molar-refractivity contribution is 0.330. The van der Waals surface area contributed by atoms with E-state index in [1.54, 1.807) is 13.0 Å². The van der Waals surface area contributed by atoms with E-state index in [1.807, 2.05) is 0 Å². The molecular weight excluding hydrogens is 226 g/mol. The van der Waals surface area contributed by atoms with Crippen molar-refractivity contribution in [2.24, 2.45) is 0 Å². The van der Waals surface area contributed by atoms with E-state index < -0.39 is 20.9 Å². The minimum absolute atomic E-state index is 0.134. The predicted molar refractivity (Wildman–Crippen MR) is 55.8 cm³/mol. The molecule has 0 aliphatic heterocycles. The minimum atomic E-state index is -4.28. The van der Waals surface area contributed by atoms with Gasteiger partial charge in [-0.15, -0.1) is 6.58 Å². The Hall–Kier alpha value is 0.0800. The standard InChI is InChI=1S/C7H16O5P2/c1-3-5-6-13(8,12-4-2)7-14(9,10)11/h3H,1,4-7H2,2H3,(H2,9,10,11). The molecule has 0 amide bonds. The lowest BCUT2D eigenvalue weighted by Crippen LogP contribution is -2.00. The normalized spacial score (nSPS) is 16.2. The summed E-state index contributed by atoms with van der Waals surface area (Å²) in [6.45, 7) is 5.28. The van der Waals surface area contributed by atoms with Gasteiger partial charge in [0.15, 0.2) is 0 Å². The zero-order valence-electron chi connectivity index (χ0n) is 8.13. The molecule has 0 aliphatic rings. The lowest BCUT2D eigenvalue weighted by atomic mass is 10.5. The van der Waals surface area contributed by atoms with Crippen LogP contribution in [0.2, 0.25) is 0 Å². The van der Waals surface area contributed by atoms with Gasteiger partial charge < -0.3 is 14.3 Å². The predicted octanol–water partition coefficient (Wildman–Crippen LogP) is 2.01. The highest BCUT2D eigenvalue weighted by Crippen LogP contribution is 2.58. The highest BCUT2D eigenvalue weighted by atomic mass is 31.2. The summed E-state index contributed by atoms with van der Waals surface area (Å²) in [7, 11) is -7.47. The van der Waals surface area contributed by atoms with Crippen molar-refractivity contribution in [3.63, 3.8) is 0 Å². The average Bonchev–Trinajstić information content (AvgIpc) is 1.98. The van der Waals surface area contributed by atoms with Gasteiger partial charge in [-0.2, -0.15) is 0 Å². The van der Waals surface area contributed by atoms with Crippen molar-refractivity contribution in [3.05, 3.63) is 12.7 Å². The zero-order valence-corrected chi connectivity index (χ0v) is 9.92. The Morgan fingerprint density at radius 1 is 1.43 bits per heavy atom. The molecule has 0 aromatic rings. The van der Waals surface area contributed by atoms with E-state index in [2.05, 4.69) is 6.58 Å². The maximum atomic E-state index is 11.8. The maximum Gasteiger partial charge on any atom is 0.335 e. The number of hydrogen-bond acceptors (Lipinski definition) is 3. The van der Waals surface area contributed by atoms with Crippen molar-refractivity contribution >= 4 is 15.0 Å². The van der Waals surface area contributed by atoms with E-state index in [0.717, 1.165) is 0 Å². The van der Waals surface area contributed by atoms with Crippen LogP contribution in [0.15, 0.2) is 12.7 Å². The van der Waals surface area contributed by atoms with E-state index in [-0.39, 0.29) is 12.8 Å². The van der Waals surface area contributed by atoms with Gasteiger partial charge in [0, 0.05) is 6.16 Å². The van der Waals surface area contributed by atoms with E-state index >= 15 is 0 Å². The number of rotatable bonds is 7. The molecule has 0 heterocycles. The molecule has 5 nitrogen and oxygen atoms in total. The van der Waals surface area contributed by atoms with E-state index in [9.17, 15) is 9.13 Å². The first-order valence-corrected chi connectivity index (χ1v) is 8.00. The van der Waals surface area contributed by atoms with E-state index in [0.29, 0.717) is 6.42 Å². The van der Waals surface area contributed by atoms with Crippen LogP contribution in [0.3, 0.4) is 0 Å².